The van der Waals surface area contributed by atoms with E-state index in [0.29, 0.717) is 19.4 Å². The summed E-state index contributed by atoms with van der Waals surface area (Å²) in [7, 11) is 0. The van der Waals surface area contributed by atoms with E-state index in [9.17, 15) is 9.59 Å². The number of ether oxygens (including phenoxy) is 3. The van der Waals surface area contributed by atoms with Gasteiger partial charge in [-0.05, 0) is 57.8 Å². The summed E-state index contributed by atoms with van der Waals surface area (Å²) in [6.45, 7) is 7.70. The molecule has 0 N–H and O–H groups in total. The topological polar surface area (TPSA) is 61.8 Å². The molecule has 0 aliphatic heterocycles. The Morgan fingerprint density at radius 2 is 0.703 bits per heavy atom. The van der Waals surface area contributed by atoms with Crippen molar-refractivity contribution in [3.8, 4) is 0 Å². The second-order valence-corrected chi connectivity index (χ2v) is 18.5. The van der Waals surface area contributed by atoms with Gasteiger partial charge in [0.15, 0.2) is 6.10 Å². The highest BCUT2D eigenvalue weighted by atomic mass is 16.6. The van der Waals surface area contributed by atoms with E-state index in [4.69, 9.17) is 14.2 Å². The van der Waals surface area contributed by atoms with Crippen LogP contribution in [0.4, 0.5) is 0 Å². The summed E-state index contributed by atoms with van der Waals surface area (Å²) < 4.78 is 17.4. The van der Waals surface area contributed by atoms with Crippen LogP contribution in [-0.2, 0) is 23.8 Å². The highest BCUT2D eigenvalue weighted by molar-refractivity contribution is 5.70. The van der Waals surface area contributed by atoms with Crippen LogP contribution in [0.1, 0.15) is 278 Å². The van der Waals surface area contributed by atoms with Crippen molar-refractivity contribution in [2.75, 3.05) is 19.8 Å². The maximum atomic E-state index is 12.8. The zero-order valence-electron chi connectivity index (χ0n) is 42.8. The highest BCUT2D eigenvalue weighted by Gasteiger charge is 2.17. The first kappa shape index (κ1) is 61.6. The fourth-order valence-electron chi connectivity index (χ4n) is 7.96. The van der Waals surface area contributed by atoms with Crippen LogP contribution >= 0.6 is 0 Å². The van der Waals surface area contributed by atoms with Crippen LogP contribution in [0.25, 0.3) is 0 Å². The Morgan fingerprint density at radius 1 is 0.359 bits per heavy atom. The van der Waals surface area contributed by atoms with Gasteiger partial charge in [-0.1, -0.05) is 268 Å². The zero-order chi connectivity index (χ0) is 46.3. The van der Waals surface area contributed by atoms with Crippen LogP contribution in [0.5, 0.6) is 0 Å². The monoisotopic (exact) mass is 895 g/mol. The van der Waals surface area contributed by atoms with Crippen LogP contribution in [-0.4, -0.2) is 37.9 Å². The number of carbonyl (C=O) groups is 2. The summed E-state index contributed by atoms with van der Waals surface area (Å²) >= 11 is 0. The Morgan fingerprint density at radius 3 is 1.11 bits per heavy atom. The van der Waals surface area contributed by atoms with Gasteiger partial charge in [0.2, 0.25) is 0 Å². The number of unbranched alkanes of at least 4 members (excludes halogenated alkanes) is 30. The molecule has 64 heavy (non-hydrogen) atoms. The molecule has 0 rings (SSSR count). The molecule has 0 aliphatic carbocycles. The van der Waals surface area contributed by atoms with Crippen molar-refractivity contribution in [2.45, 2.75) is 284 Å². The van der Waals surface area contributed by atoms with E-state index in [1.165, 1.54) is 173 Å². The van der Waals surface area contributed by atoms with Gasteiger partial charge in [-0.15, -0.1) is 0 Å². The first-order valence-corrected chi connectivity index (χ1v) is 27.8. The summed E-state index contributed by atoms with van der Waals surface area (Å²) in [4.78, 5) is 25.4. The second-order valence-electron chi connectivity index (χ2n) is 18.5. The number of hydrogen-bond acceptors (Lipinski definition) is 5. The summed E-state index contributed by atoms with van der Waals surface area (Å²) in [5, 5.41) is 0. The molecular weight excluding hydrogens is 789 g/mol. The van der Waals surface area contributed by atoms with Crippen molar-refractivity contribution in [1.29, 1.82) is 0 Å². The van der Waals surface area contributed by atoms with Crippen molar-refractivity contribution < 1.29 is 23.8 Å². The summed E-state index contributed by atoms with van der Waals surface area (Å²) in [5.74, 6) is -0.450. The van der Waals surface area contributed by atoms with E-state index in [1.807, 2.05) is 0 Å². The lowest BCUT2D eigenvalue weighted by Gasteiger charge is -2.18. The van der Waals surface area contributed by atoms with Crippen LogP contribution in [0, 0.1) is 0 Å². The van der Waals surface area contributed by atoms with E-state index >= 15 is 0 Å². The number of rotatable bonds is 51. The fraction of sp³-hybridized carbons (Fsp3) is 0.797. The molecule has 0 spiro atoms. The summed E-state index contributed by atoms with van der Waals surface area (Å²) in [5.41, 5.74) is 0. The van der Waals surface area contributed by atoms with Gasteiger partial charge >= 0.3 is 11.9 Å². The molecule has 0 radical (unpaired) electrons. The van der Waals surface area contributed by atoms with Crippen molar-refractivity contribution in [1.82, 2.24) is 0 Å². The average molecular weight is 895 g/mol. The predicted octanol–water partition coefficient (Wildman–Crippen LogP) is 18.9. The Bertz CT molecular complexity index is 1100. The third-order valence-electron chi connectivity index (χ3n) is 12.1. The molecule has 0 aromatic rings. The molecule has 1 unspecified atom stereocenters. The van der Waals surface area contributed by atoms with Crippen molar-refractivity contribution in [3.05, 3.63) is 60.8 Å². The van der Waals surface area contributed by atoms with Gasteiger partial charge < -0.3 is 14.2 Å². The lowest BCUT2D eigenvalue weighted by Crippen LogP contribution is -2.30. The highest BCUT2D eigenvalue weighted by Crippen LogP contribution is 2.16. The van der Waals surface area contributed by atoms with Crippen molar-refractivity contribution in [2.24, 2.45) is 0 Å². The second kappa shape index (κ2) is 54.9. The van der Waals surface area contributed by atoms with E-state index in [1.54, 1.807) is 0 Å². The minimum Gasteiger partial charge on any atom is -0.462 e. The molecule has 0 fully saturated rings. The third-order valence-corrected chi connectivity index (χ3v) is 12.1. The molecule has 1 atom stereocenters. The fourth-order valence-corrected chi connectivity index (χ4v) is 7.96. The minimum atomic E-state index is -0.562. The lowest BCUT2D eigenvalue weighted by molar-refractivity contribution is -0.162. The molecule has 5 heteroatoms. The molecule has 0 bridgehead atoms. The Hall–Kier alpha value is -2.40. The van der Waals surface area contributed by atoms with Gasteiger partial charge in [0.05, 0.1) is 6.61 Å². The first-order chi connectivity index (χ1) is 31.6. The van der Waals surface area contributed by atoms with Crippen LogP contribution in [0.3, 0.4) is 0 Å². The van der Waals surface area contributed by atoms with Crippen LogP contribution in [0.2, 0.25) is 0 Å². The Kier molecular flexibility index (Phi) is 52.9. The molecule has 5 nitrogen and oxygen atoms in total. The molecule has 0 aliphatic rings. The summed E-state index contributed by atoms with van der Waals surface area (Å²) in [6.07, 6.45) is 69.6. The molecule has 0 saturated carbocycles. The molecular formula is C59H106O5. The number of carbonyl (C=O) groups excluding carboxylic acids is 2. The molecule has 0 aromatic carbocycles. The quantitative estimate of drug-likeness (QED) is 0.0346. The molecule has 0 saturated heterocycles. The van der Waals surface area contributed by atoms with Crippen molar-refractivity contribution in [3.63, 3.8) is 0 Å². The number of allylic oxidation sites excluding steroid dienone is 10. The van der Waals surface area contributed by atoms with Gasteiger partial charge in [-0.2, -0.15) is 0 Å². The molecule has 0 aromatic heterocycles. The lowest BCUT2D eigenvalue weighted by atomic mass is 10.0. The van der Waals surface area contributed by atoms with Gasteiger partial charge in [0.1, 0.15) is 6.61 Å². The van der Waals surface area contributed by atoms with E-state index in [0.717, 1.165) is 70.6 Å². The molecule has 372 valence electrons. The Balaban J connectivity index is 4.28. The van der Waals surface area contributed by atoms with Gasteiger partial charge in [0, 0.05) is 19.4 Å². The summed E-state index contributed by atoms with van der Waals surface area (Å²) in [6, 6.07) is 0. The number of hydrogen-bond donors (Lipinski definition) is 0. The average Bonchev–Trinajstić information content (AvgIpc) is 3.30. The molecule has 0 heterocycles. The molecule has 0 amide bonds. The Labute approximate surface area is 398 Å². The van der Waals surface area contributed by atoms with Gasteiger partial charge in [-0.25, -0.2) is 0 Å². The van der Waals surface area contributed by atoms with Crippen LogP contribution in [0.15, 0.2) is 60.8 Å². The van der Waals surface area contributed by atoms with Gasteiger partial charge in [-0.3, -0.25) is 9.59 Å². The zero-order valence-corrected chi connectivity index (χ0v) is 42.8. The van der Waals surface area contributed by atoms with E-state index in [-0.39, 0.29) is 25.2 Å². The maximum absolute atomic E-state index is 12.8. The van der Waals surface area contributed by atoms with Gasteiger partial charge in [0.25, 0.3) is 0 Å². The SMILES string of the molecule is CC/C=C\C/C=C\C/C=C\C/C=C\C/C=C\CCCC(=O)OC(COCCCCCCCCCCCCCC)COC(=O)CCCCCCCCCCCCCCCCCCCCC. The predicted molar refractivity (Wildman–Crippen MR) is 279 cm³/mol. The largest absolute Gasteiger partial charge is 0.462 e. The van der Waals surface area contributed by atoms with Crippen molar-refractivity contribution >= 4 is 11.9 Å². The third kappa shape index (κ3) is 52.2. The first-order valence-electron chi connectivity index (χ1n) is 27.8. The maximum Gasteiger partial charge on any atom is 0.306 e. The normalized spacial score (nSPS) is 12.6. The van der Waals surface area contributed by atoms with Crippen LogP contribution < -0.4 is 0 Å². The minimum absolute atomic E-state index is 0.0664. The van der Waals surface area contributed by atoms with E-state index < -0.39 is 6.10 Å². The standard InChI is InChI=1S/C59H106O5/c1-4-7-10-13-16-19-22-25-27-29-30-32-33-35-37-40-43-46-49-52-58(60)63-56-57(55-62-54-51-48-45-42-39-24-21-18-15-12-9-6-3)64-59(61)53-50-47-44-41-38-36-34-31-28-26-23-20-17-14-11-8-5-2/h8,11,17,20,26,28,34,36,41,44,57H,4-7,9-10,12-16,18-19,21-25,27,29-33,35,37-40,42-43,45-56H2,1-3H3/b11-8-,20-17-,28-26-,36-34-,44-41-. The number of esters is 2. The smallest absolute Gasteiger partial charge is 0.306 e. The van der Waals surface area contributed by atoms with E-state index in [2.05, 4.69) is 81.5 Å².